The van der Waals surface area contributed by atoms with E-state index in [0.29, 0.717) is 5.75 Å². The molecule has 0 aliphatic carbocycles. The zero-order chi connectivity index (χ0) is 14.3. The number of rotatable bonds is 8. The summed E-state index contributed by atoms with van der Waals surface area (Å²) in [6.45, 7) is 4.25. The molecule has 0 bridgehead atoms. The number of phenols is 1. The van der Waals surface area contributed by atoms with Gasteiger partial charge in [0, 0.05) is 16.1 Å². The summed E-state index contributed by atoms with van der Waals surface area (Å²) in [5, 5.41) is 13.5. The first-order chi connectivity index (χ1) is 9.04. The van der Waals surface area contributed by atoms with E-state index in [0.717, 1.165) is 36.0 Å². The Bertz CT molecular complexity index is 382. The van der Waals surface area contributed by atoms with Crippen LogP contribution in [0.4, 0.5) is 0 Å². The molecule has 2 N–H and O–H groups in total. The van der Waals surface area contributed by atoms with Gasteiger partial charge in [-0.3, -0.25) is 0 Å². The van der Waals surface area contributed by atoms with Gasteiger partial charge in [0.15, 0.2) is 0 Å². The molecular formula is C15H25BrN2O. The van der Waals surface area contributed by atoms with E-state index in [1.165, 1.54) is 6.42 Å². The zero-order valence-electron chi connectivity index (χ0n) is 12.1. The average molecular weight is 329 g/mol. The van der Waals surface area contributed by atoms with Crippen LogP contribution in [-0.2, 0) is 0 Å². The highest BCUT2D eigenvalue weighted by Crippen LogP contribution is 2.29. The highest BCUT2D eigenvalue weighted by Gasteiger charge is 2.13. The largest absolute Gasteiger partial charge is 0.508 e. The van der Waals surface area contributed by atoms with Gasteiger partial charge < -0.3 is 15.3 Å². The van der Waals surface area contributed by atoms with Crippen molar-refractivity contribution in [3.63, 3.8) is 0 Å². The molecule has 3 nitrogen and oxygen atoms in total. The van der Waals surface area contributed by atoms with E-state index in [-0.39, 0.29) is 6.04 Å². The minimum absolute atomic E-state index is 0.219. The maximum Gasteiger partial charge on any atom is 0.120 e. The lowest BCUT2D eigenvalue weighted by Gasteiger charge is -2.19. The van der Waals surface area contributed by atoms with E-state index < -0.39 is 0 Å². The van der Waals surface area contributed by atoms with Gasteiger partial charge in [-0.15, -0.1) is 0 Å². The van der Waals surface area contributed by atoms with Crippen molar-refractivity contribution in [3.05, 3.63) is 28.2 Å². The number of halogens is 1. The summed E-state index contributed by atoms with van der Waals surface area (Å²) in [5.41, 5.74) is 0.976. The van der Waals surface area contributed by atoms with Crippen molar-refractivity contribution in [2.45, 2.75) is 32.2 Å². The summed E-state index contributed by atoms with van der Waals surface area (Å²) in [4.78, 5) is 2.21. The number of nitrogens with zero attached hydrogens (tertiary/aromatic N) is 1. The molecule has 1 unspecified atom stereocenters. The number of nitrogens with one attached hydrogen (secondary N) is 1. The average Bonchev–Trinajstić information content (AvgIpc) is 2.37. The number of benzene rings is 1. The van der Waals surface area contributed by atoms with E-state index in [9.17, 15) is 5.11 Å². The molecule has 0 spiro atoms. The van der Waals surface area contributed by atoms with Crippen molar-refractivity contribution < 1.29 is 5.11 Å². The van der Waals surface area contributed by atoms with Crippen LogP contribution < -0.4 is 5.32 Å². The van der Waals surface area contributed by atoms with Crippen LogP contribution in [0.5, 0.6) is 5.75 Å². The van der Waals surface area contributed by atoms with Gasteiger partial charge in [-0.05, 0) is 64.6 Å². The van der Waals surface area contributed by atoms with E-state index in [1.807, 2.05) is 12.1 Å². The van der Waals surface area contributed by atoms with Crippen LogP contribution in [0.25, 0.3) is 0 Å². The second kappa shape index (κ2) is 8.56. The summed E-state index contributed by atoms with van der Waals surface area (Å²) < 4.78 is 1.01. The fraction of sp³-hybridized carbons (Fsp3) is 0.600. The molecule has 0 aliphatic heterocycles. The highest BCUT2D eigenvalue weighted by atomic mass is 79.9. The van der Waals surface area contributed by atoms with Crippen LogP contribution in [0, 0.1) is 0 Å². The predicted octanol–water partition coefficient (Wildman–Crippen LogP) is 3.54. The summed E-state index contributed by atoms with van der Waals surface area (Å²) >= 11 is 3.46. The fourth-order valence-corrected chi connectivity index (χ4v) is 2.49. The smallest absolute Gasteiger partial charge is 0.120 e. The normalized spacial score (nSPS) is 12.9. The first kappa shape index (κ1) is 16.5. The Hall–Kier alpha value is -0.580. The molecule has 0 aromatic heterocycles. The minimum Gasteiger partial charge on any atom is -0.508 e. The zero-order valence-corrected chi connectivity index (χ0v) is 13.7. The molecule has 19 heavy (non-hydrogen) atoms. The van der Waals surface area contributed by atoms with Gasteiger partial charge in [0.2, 0.25) is 0 Å². The lowest BCUT2D eigenvalue weighted by molar-refractivity contribution is 0.385. The lowest BCUT2D eigenvalue weighted by atomic mass is 10.0. The first-order valence-corrected chi connectivity index (χ1v) is 7.70. The third kappa shape index (κ3) is 5.93. The lowest BCUT2D eigenvalue weighted by Crippen LogP contribution is -2.23. The summed E-state index contributed by atoms with van der Waals surface area (Å²) in [6.07, 6.45) is 3.32. The maximum atomic E-state index is 9.94. The molecular weight excluding hydrogens is 304 g/mol. The summed E-state index contributed by atoms with van der Waals surface area (Å²) in [5.74, 6) is 0.371. The fourth-order valence-electron chi connectivity index (χ4n) is 2.11. The third-order valence-corrected chi connectivity index (χ3v) is 3.69. The molecule has 108 valence electrons. The molecule has 0 radical (unpaired) electrons. The molecule has 0 saturated carbocycles. The van der Waals surface area contributed by atoms with Crippen molar-refractivity contribution in [1.82, 2.24) is 10.2 Å². The minimum atomic E-state index is 0.219. The number of phenolic OH excluding ortho intramolecular Hbond substituents is 1. The second-order valence-electron chi connectivity index (χ2n) is 5.13. The van der Waals surface area contributed by atoms with Crippen molar-refractivity contribution in [2.24, 2.45) is 0 Å². The predicted molar refractivity (Wildman–Crippen MR) is 84.6 cm³/mol. The Morgan fingerprint density at radius 1 is 1.32 bits per heavy atom. The van der Waals surface area contributed by atoms with E-state index in [1.54, 1.807) is 6.07 Å². The van der Waals surface area contributed by atoms with Crippen molar-refractivity contribution in [3.8, 4) is 5.75 Å². The molecule has 0 fully saturated rings. The number of unbranched alkanes of at least 4 members (excludes halogenated alkanes) is 1. The number of hydrogen-bond acceptors (Lipinski definition) is 3. The maximum absolute atomic E-state index is 9.94. The van der Waals surface area contributed by atoms with Gasteiger partial charge in [-0.25, -0.2) is 0 Å². The van der Waals surface area contributed by atoms with Gasteiger partial charge in [-0.1, -0.05) is 22.9 Å². The van der Waals surface area contributed by atoms with Gasteiger partial charge >= 0.3 is 0 Å². The van der Waals surface area contributed by atoms with Crippen molar-refractivity contribution in [1.29, 1.82) is 0 Å². The van der Waals surface area contributed by atoms with Crippen LogP contribution in [0.15, 0.2) is 22.7 Å². The van der Waals surface area contributed by atoms with Gasteiger partial charge in [0.1, 0.15) is 5.75 Å². The molecule has 1 atom stereocenters. The SMILES string of the molecule is CCC(NCCCCN(C)C)c1cc(Br)ccc1O. The number of aromatic hydroxyl groups is 1. The monoisotopic (exact) mass is 328 g/mol. The quantitative estimate of drug-likeness (QED) is 0.716. The Kier molecular flexibility index (Phi) is 7.42. The van der Waals surface area contributed by atoms with Crippen LogP contribution in [0.3, 0.4) is 0 Å². The van der Waals surface area contributed by atoms with Gasteiger partial charge in [0.25, 0.3) is 0 Å². The molecule has 1 aromatic rings. The van der Waals surface area contributed by atoms with Crippen LogP contribution in [-0.4, -0.2) is 37.2 Å². The van der Waals surface area contributed by atoms with E-state index in [2.05, 4.69) is 47.2 Å². The Labute approximate surface area is 125 Å². The van der Waals surface area contributed by atoms with E-state index >= 15 is 0 Å². The summed E-state index contributed by atoms with van der Waals surface area (Å²) in [6, 6.07) is 5.83. The molecule has 0 amide bonds. The molecule has 0 heterocycles. The number of hydrogen-bond donors (Lipinski definition) is 2. The molecule has 0 aliphatic rings. The van der Waals surface area contributed by atoms with Gasteiger partial charge in [-0.2, -0.15) is 0 Å². The standard InChI is InChI=1S/C15H25BrN2O/c1-4-14(17-9-5-6-10-18(2)3)13-11-12(16)7-8-15(13)19/h7-8,11,14,17,19H,4-6,9-10H2,1-3H3. The van der Waals surface area contributed by atoms with Crippen LogP contribution in [0.1, 0.15) is 37.8 Å². The third-order valence-electron chi connectivity index (χ3n) is 3.20. The first-order valence-electron chi connectivity index (χ1n) is 6.91. The van der Waals surface area contributed by atoms with Crippen molar-refractivity contribution >= 4 is 15.9 Å². The molecule has 1 aromatic carbocycles. The van der Waals surface area contributed by atoms with Gasteiger partial charge in [0.05, 0.1) is 0 Å². The summed E-state index contributed by atoms with van der Waals surface area (Å²) in [7, 11) is 4.20. The molecule has 1 rings (SSSR count). The Morgan fingerprint density at radius 2 is 2.05 bits per heavy atom. The topological polar surface area (TPSA) is 35.5 Å². The van der Waals surface area contributed by atoms with Crippen LogP contribution >= 0.6 is 15.9 Å². The Morgan fingerprint density at radius 3 is 2.68 bits per heavy atom. The highest BCUT2D eigenvalue weighted by molar-refractivity contribution is 9.10. The van der Waals surface area contributed by atoms with E-state index in [4.69, 9.17) is 0 Å². The van der Waals surface area contributed by atoms with Crippen LogP contribution in [0.2, 0.25) is 0 Å². The molecule has 4 heteroatoms. The second-order valence-corrected chi connectivity index (χ2v) is 6.04. The molecule has 0 saturated heterocycles. The van der Waals surface area contributed by atoms with Crippen molar-refractivity contribution in [2.75, 3.05) is 27.2 Å². The Balaban J connectivity index is 2.47.